The Labute approximate surface area is 70.0 Å². The predicted molar refractivity (Wildman–Crippen MR) is 47.0 cm³/mol. The third-order valence-corrected chi connectivity index (χ3v) is 1.88. The molecule has 0 bridgehead atoms. The van der Waals surface area contributed by atoms with Crippen molar-refractivity contribution in [3.63, 3.8) is 0 Å². The van der Waals surface area contributed by atoms with Gasteiger partial charge in [-0.05, 0) is 6.42 Å². The van der Waals surface area contributed by atoms with Crippen LogP contribution in [0.2, 0.25) is 0 Å². The van der Waals surface area contributed by atoms with E-state index in [4.69, 9.17) is 5.26 Å². The third kappa shape index (κ3) is 5.87. The third-order valence-electron chi connectivity index (χ3n) is 1.88. The molecule has 64 valence electrons. The molecule has 0 spiro atoms. The molecule has 0 atom stereocenters. The van der Waals surface area contributed by atoms with Crippen LogP contribution in [0.25, 0.3) is 0 Å². The molecule has 0 aromatic heterocycles. The number of unbranched alkanes of at least 4 members (excludes halogenated alkanes) is 1. The van der Waals surface area contributed by atoms with Gasteiger partial charge in [-0.25, -0.2) is 0 Å². The summed E-state index contributed by atoms with van der Waals surface area (Å²) in [5, 5.41) is 8.34. The van der Waals surface area contributed by atoms with Crippen molar-refractivity contribution in [2.45, 2.75) is 26.2 Å². The molecule has 0 saturated heterocycles. The Kier molecular flexibility index (Phi) is 4.89. The van der Waals surface area contributed by atoms with Gasteiger partial charge in [0.15, 0.2) is 0 Å². The molecule has 0 aliphatic rings. The first-order chi connectivity index (χ1) is 5.12. The Morgan fingerprint density at radius 3 is 2.36 bits per heavy atom. The molecule has 0 fully saturated rings. The fourth-order valence-electron chi connectivity index (χ4n) is 1.30. The first-order valence-electron chi connectivity index (χ1n) is 4.31. The summed E-state index contributed by atoms with van der Waals surface area (Å²) in [6.45, 7) is 4.54. The molecule has 0 radical (unpaired) electrons. The van der Waals surface area contributed by atoms with Gasteiger partial charge in [0.1, 0.15) is 0 Å². The molecule has 0 aliphatic carbocycles. The molecule has 0 heterocycles. The molecule has 0 aliphatic heterocycles. The molecule has 0 N–H and O–H groups in total. The van der Waals surface area contributed by atoms with E-state index in [1.807, 2.05) is 0 Å². The lowest BCUT2D eigenvalue weighted by Gasteiger charge is -2.28. The average molecular weight is 155 g/mol. The molecule has 11 heavy (non-hydrogen) atoms. The number of nitrogens with zero attached hydrogens (tertiary/aromatic N) is 2. The average Bonchev–Trinajstić information content (AvgIpc) is 1.87. The summed E-state index contributed by atoms with van der Waals surface area (Å²) in [4.78, 5) is 0. The number of rotatable bonds is 5. The highest BCUT2D eigenvalue weighted by Crippen LogP contribution is 2.02. The van der Waals surface area contributed by atoms with Gasteiger partial charge in [-0.15, -0.1) is 0 Å². The van der Waals surface area contributed by atoms with Crippen LogP contribution in [-0.4, -0.2) is 31.7 Å². The zero-order valence-corrected chi connectivity index (χ0v) is 7.93. The van der Waals surface area contributed by atoms with Crippen molar-refractivity contribution in [1.82, 2.24) is 0 Å². The summed E-state index contributed by atoms with van der Waals surface area (Å²) in [6.07, 6.45) is 2.95. The lowest BCUT2D eigenvalue weighted by atomic mass is 10.3. The summed E-state index contributed by atoms with van der Waals surface area (Å²) in [5.74, 6) is 0. The van der Waals surface area contributed by atoms with E-state index >= 15 is 0 Å². The fourth-order valence-corrected chi connectivity index (χ4v) is 1.30. The molecule has 2 heteroatoms. The summed E-state index contributed by atoms with van der Waals surface area (Å²) >= 11 is 0. The Morgan fingerprint density at radius 2 is 1.91 bits per heavy atom. The molecule has 0 unspecified atom stereocenters. The molecular formula is C9H19N2+. The minimum Gasteiger partial charge on any atom is -0.328 e. The maximum atomic E-state index is 8.34. The lowest BCUT2D eigenvalue weighted by Crippen LogP contribution is -2.40. The first kappa shape index (κ1) is 10.4. The zero-order chi connectivity index (χ0) is 8.74. The van der Waals surface area contributed by atoms with Crippen molar-refractivity contribution in [1.29, 1.82) is 5.26 Å². The highest BCUT2D eigenvalue weighted by molar-refractivity contribution is 4.67. The largest absolute Gasteiger partial charge is 0.328 e. The van der Waals surface area contributed by atoms with Crippen molar-refractivity contribution < 1.29 is 4.48 Å². The predicted octanol–water partition coefficient (Wildman–Crippen LogP) is 1.78. The van der Waals surface area contributed by atoms with Gasteiger partial charge in [0.2, 0.25) is 0 Å². The topological polar surface area (TPSA) is 23.8 Å². The summed E-state index contributed by atoms with van der Waals surface area (Å²) < 4.78 is 1.05. The Balaban J connectivity index is 3.48. The fraction of sp³-hybridized carbons (Fsp3) is 0.889. The number of hydrogen-bond donors (Lipinski definition) is 0. The highest BCUT2D eigenvalue weighted by Gasteiger charge is 2.11. The van der Waals surface area contributed by atoms with Crippen LogP contribution in [-0.2, 0) is 0 Å². The van der Waals surface area contributed by atoms with Crippen molar-refractivity contribution in [3.05, 3.63) is 0 Å². The molecule has 0 aromatic carbocycles. The van der Waals surface area contributed by atoms with Crippen LogP contribution in [0.15, 0.2) is 0 Å². The van der Waals surface area contributed by atoms with Gasteiger partial charge in [-0.2, -0.15) is 5.26 Å². The molecule has 0 saturated carbocycles. The van der Waals surface area contributed by atoms with Gasteiger partial charge in [-0.1, -0.05) is 6.92 Å². The first-order valence-corrected chi connectivity index (χ1v) is 4.31. The monoisotopic (exact) mass is 155 g/mol. The second-order valence-corrected chi connectivity index (χ2v) is 3.64. The van der Waals surface area contributed by atoms with Crippen LogP contribution in [0.5, 0.6) is 0 Å². The van der Waals surface area contributed by atoms with E-state index in [2.05, 4.69) is 27.1 Å². The zero-order valence-electron chi connectivity index (χ0n) is 7.93. The van der Waals surface area contributed by atoms with Gasteiger partial charge in [0.05, 0.1) is 33.3 Å². The SMILES string of the molecule is CCC[N+](C)(C)CCCC#N. The van der Waals surface area contributed by atoms with Crippen molar-refractivity contribution in [2.75, 3.05) is 27.2 Å². The summed E-state index contributed by atoms with van der Waals surface area (Å²) in [6, 6.07) is 2.17. The molecule has 0 rings (SSSR count). The Bertz CT molecular complexity index is 133. The van der Waals surface area contributed by atoms with Crippen LogP contribution in [0.1, 0.15) is 26.2 Å². The van der Waals surface area contributed by atoms with Crippen molar-refractivity contribution >= 4 is 0 Å². The van der Waals surface area contributed by atoms with E-state index in [-0.39, 0.29) is 0 Å². The van der Waals surface area contributed by atoms with E-state index in [1.165, 1.54) is 13.0 Å². The van der Waals surface area contributed by atoms with E-state index in [1.54, 1.807) is 0 Å². The van der Waals surface area contributed by atoms with E-state index in [0.29, 0.717) is 6.42 Å². The number of hydrogen-bond acceptors (Lipinski definition) is 1. The number of nitriles is 1. The Morgan fingerprint density at radius 1 is 1.27 bits per heavy atom. The van der Waals surface area contributed by atoms with E-state index < -0.39 is 0 Å². The van der Waals surface area contributed by atoms with Gasteiger partial charge in [-0.3, -0.25) is 0 Å². The van der Waals surface area contributed by atoms with E-state index in [9.17, 15) is 0 Å². The molecule has 0 amide bonds. The van der Waals surface area contributed by atoms with Crippen LogP contribution in [0.4, 0.5) is 0 Å². The van der Waals surface area contributed by atoms with Gasteiger partial charge in [0, 0.05) is 12.8 Å². The minimum absolute atomic E-state index is 0.700. The van der Waals surface area contributed by atoms with Crippen LogP contribution in [0, 0.1) is 11.3 Å². The van der Waals surface area contributed by atoms with Crippen LogP contribution in [0.3, 0.4) is 0 Å². The summed E-state index contributed by atoms with van der Waals surface area (Å²) in [5.41, 5.74) is 0. The van der Waals surface area contributed by atoms with Gasteiger partial charge >= 0.3 is 0 Å². The second-order valence-electron chi connectivity index (χ2n) is 3.64. The summed E-state index contributed by atoms with van der Waals surface area (Å²) in [7, 11) is 4.45. The number of quaternary nitrogens is 1. The smallest absolute Gasteiger partial charge is 0.0792 e. The van der Waals surface area contributed by atoms with Crippen LogP contribution >= 0.6 is 0 Å². The molecular weight excluding hydrogens is 136 g/mol. The second kappa shape index (κ2) is 5.15. The van der Waals surface area contributed by atoms with Gasteiger partial charge < -0.3 is 4.48 Å². The van der Waals surface area contributed by atoms with Crippen molar-refractivity contribution in [2.24, 2.45) is 0 Å². The van der Waals surface area contributed by atoms with Gasteiger partial charge in [0.25, 0.3) is 0 Å². The molecule has 2 nitrogen and oxygen atoms in total. The highest BCUT2D eigenvalue weighted by atomic mass is 15.3. The minimum atomic E-state index is 0.700. The molecule has 0 aromatic rings. The van der Waals surface area contributed by atoms with Crippen LogP contribution < -0.4 is 0 Å². The quantitative estimate of drug-likeness (QED) is 0.438. The standard InChI is InChI=1S/C9H19N2/c1-4-8-11(2,3)9-6-5-7-10/h4-6,8-9H2,1-3H3/q+1. The van der Waals surface area contributed by atoms with Crippen molar-refractivity contribution in [3.8, 4) is 6.07 Å². The lowest BCUT2D eigenvalue weighted by molar-refractivity contribution is -0.890. The normalized spacial score (nSPS) is 11.1. The Hall–Kier alpha value is -0.550. The maximum Gasteiger partial charge on any atom is 0.0792 e. The maximum absolute atomic E-state index is 8.34. The van der Waals surface area contributed by atoms with E-state index in [0.717, 1.165) is 17.4 Å².